The molecule has 0 radical (unpaired) electrons. The molecule has 7 heteroatoms. The van der Waals surface area contributed by atoms with Crippen LogP contribution < -0.4 is 4.90 Å². The van der Waals surface area contributed by atoms with Crippen LogP contribution in [0.25, 0.3) is 0 Å². The first-order valence-electron chi connectivity index (χ1n) is 5.89. The smallest absolute Gasteiger partial charge is 0.304 e. The van der Waals surface area contributed by atoms with Crippen LogP contribution in [-0.2, 0) is 4.79 Å². The Hall–Kier alpha value is -1.50. The van der Waals surface area contributed by atoms with E-state index in [1.807, 2.05) is 0 Å². The molecule has 0 atom stereocenters. The van der Waals surface area contributed by atoms with Gasteiger partial charge in [-0.15, -0.1) is 0 Å². The molecule has 0 aromatic heterocycles. The van der Waals surface area contributed by atoms with E-state index in [9.17, 15) is 22.8 Å². The van der Waals surface area contributed by atoms with Crippen molar-refractivity contribution in [1.29, 1.82) is 0 Å². The normalized spacial score (nSPS) is 14.9. The number of Topliss-reactive ketones (excluding diaryl/α,β-unsaturated/α-hetero) is 1. The third-order valence-electron chi connectivity index (χ3n) is 2.98. The Kier molecular flexibility index (Phi) is 3.82. The fourth-order valence-corrected chi connectivity index (χ4v) is 2.80. The second kappa shape index (κ2) is 5.12. The number of alkyl halides is 3. The molecule has 3 nitrogen and oxygen atoms in total. The first-order chi connectivity index (χ1) is 9.20. The average molecular weight is 303 g/mol. The van der Waals surface area contributed by atoms with Gasteiger partial charge in [0.2, 0.25) is 0 Å². The fraction of sp³-hybridized carbons (Fsp3) is 0.385. The highest BCUT2D eigenvalue weighted by atomic mass is 32.2. The van der Waals surface area contributed by atoms with Crippen molar-refractivity contribution in [1.82, 2.24) is 0 Å². The van der Waals surface area contributed by atoms with Crippen molar-refractivity contribution in [3.05, 3.63) is 28.8 Å². The predicted molar refractivity (Wildman–Crippen MR) is 71.1 cm³/mol. The fourth-order valence-electron chi connectivity index (χ4n) is 2.30. The summed E-state index contributed by atoms with van der Waals surface area (Å²) in [6.07, 6.45) is 0. The SMILES string of the molecule is Cc1cc(C)c2c(c1)C(=O)C(=O)N2CCSC(F)(F)F. The van der Waals surface area contributed by atoms with Crippen molar-refractivity contribution in [2.75, 3.05) is 17.2 Å². The first-order valence-corrected chi connectivity index (χ1v) is 6.87. The van der Waals surface area contributed by atoms with Gasteiger partial charge < -0.3 is 4.90 Å². The molecule has 1 aliphatic rings. The Morgan fingerprint density at radius 1 is 1.20 bits per heavy atom. The average Bonchev–Trinajstić information content (AvgIpc) is 2.53. The number of thioether (sulfide) groups is 1. The second-order valence-electron chi connectivity index (χ2n) is 4.56. The summed E-state index contributed by atoms with van der Waals surface area (Å²) >= 11 is -0.198. The van der Waals surface area contributed by atoms with Crippen LogP contribution in [0.15, 0.2) is 12.1 Å². The molecule has 1 amide bonds. The highest BCUT2D eigenvalue weighted by Gasteiger charge is 2.37. The van der Waals surface area contributed by atoms with Gasteiger partial charge in [-0.1, -0.05) is 6.07 Å². The van der Waals surface area contributed by atoms with Crippen LogP contribution in [0.5, 0.6) is 0 Å². The summed E-state index contributed by atoms with van der Waals surface area (Å²) in [7, 11) is 0. The predicted octanol–water partition coefficient (Wildman–Crippen LogP) is 3.09. The summed E-state index contributed by atoms with van der Waals surface area (Å²) in [6.45, 7) is 3.40. The quantitative estimate of drug-likeness (QED) is 0.805. The zero-order valence-electron chi connectivity index (χ0n) is 10.9. The number of carbonyl (C=O) groups excluding carboxylic acids is 2. The molecule has 1 heterocycles. The van der Waals surface area contributed by atoms with E-state index in [1.165, 1.54) is 0 Å². The monoisotopic (exact) mass is 303 g/mol. The standard InChI is InChI=1S/C13H12F3NO2S/c1-7-5-8(2)10-9(6-7)11(18)12(19)17(10)3-4-20-13(14,15)16/h5-6H,3-4H2,1-2H3. The molecular weight excluding hydrogens is 291 g/mol. The number of halogens is 3. The summed E-state index contributed by atoms with van der Waals surface area (Å²) in [6, 6.07) is 3.40. The molecule has 1 aromatic carbocycles. The molecule has 20 heavy (non-hydrogen) atoms. The minimum Gasteiger partial charge on any atom is -0.304 e. The number of fused-ring (bicyclic) bond motifs is 1. The Morgan fingerprint density at radius 2 is 1.85 bits per heavy atom. The lowest BCUT2D eigenvalue weighted by Crippen LogP contribution is -2.32. The van der Waals surface area contributed by atoms with Crippen molar-refractivity contribution in [2.45, 2.75) is 19.4 Å². The van der Waals surface area contributed by atoms with Crippen LogP contribution in [-0.4, -0.2) is 29.5 Å². The van der Waals surface area contributed by atoms with Crippen molar-refractivity contribution in [3.63, 3.8) is 0 Å². The Labute approximate surface area is 118 Å². The number of carbonyl (C=O) groups is 2. The lowest BCUT2D eigenvalue weighted by atomic mass is 10.0. The van der Waals surface area contributed by atoms with E-state index in [0.717, 1.165) is 16.0 Å². The lowest BCUT2D eigenvalue weighted by molar-refractivity contribution is -0.114. The maximum atomic E-state index is 12.1. The number of hydrogen-bond acceptors (Lipinski definition) is 3. The van der Waals surface area contributed by atoms with E-state index in [2.05, 4.69) is 0 Å². The van der Waals surface area contributed by atoms with Crippen LogP contribution in [0.1, 0.15) is 21.5 Å². The van der Waals surface area contributed by atoms with Gasteiger partial charge in [0.25, 0.3) is 11.7 Å². The van der Waals surface area contributed by atoms with E-state index in [4.69, 9.17) is 0 Å². The molecule has 0 unspecified atom stereocenters. The summed E-state index contributed by atoms with van der Waals surface area (Å²) in [5.74, 6) is -1.70. The molecular formula is C13H12F3NO2S. The molecule has 0 spiro atoms. The number of nitrogens with zero attached hydrogens (tertiary/aromatic N) is 1. The van der Waals surface area contributed by atoms with Gasteiger partial charge in [-0.05, 0) is 42.8 Å². The van der Waals surface area contributed by atoms with E-state index in [0.29, 0.717) is 5.69 Å². The number of anilines is 1. The van der Waals surface area contributed by atoms with Gasteiger partial charge in [-0.25, -0.2) is 0 Å². The molecule has 0 saturated heterocycles. The minimum absolute atomic E-state index is 0.133. The number of aryl methyl sites for hydroxylation is 2. The largest absolute Gasteiger partial charge is 0.441 e. The van der Waals surface area contributed by atoms with E-state index in [-0.39, 0.29) is 29.6 Å². The Balaban J connectivity index is 2.25. The van der Waals surface area contributed by atoms with E-state index < -0.39 is 17.2 Å². The third-order valence-corrected chi connectivity index (χ3v) is 3.69. The molecule has 0 fully saturated rings. The lowest BCUT2D eigenvalue weighted by Gasteiger charge is -2.18. The first kappa shape index (κ1) is 14.9. The van der Waals surface area contributed by atoms with Crippen LogP contribution in [0, 0.1) is 13.8 Å². The van der Waals surface area contributed by atoms with Crippen LogP contribution in [0.4, 0.5) is 18.9 Å². The molecule has 0 N–H and O–H groups in total. The summed E-state index contributed by atoms with van der Waals surface area (Å²) < 4.78 is 36.4. The topological polar surface area (TPSA) is 37.4 Å². The van der Waals surface area contributed by atoms with E-state index in [1.54, 1.807) is 26.0 Å². The highest BCUT2D eigenvalue weighted by Crippen LogP contribution is 2.35. The number of hydrogen-bond donors (Lipinski definition) is 0. The molecule has 0 aliphatic carbocycles. The Morgan fingerprint density at radius 3 is 2.45 bits per heavy atom. The number of ketones is 1. The Bertz CT molecular complexity index is 584. The second-order valence-corrected chi connectivity index (χ2v) is 5.72. The third kappa shape index (κ3) is 2.82. The van der Waals surface area contributed by atoms with Gasteiger partial charge in [0.05, 0.1) is 11.3 Å². The van der Waals surface area contributed by atoms with E-state index >= 15 is 0 Å². The van der Waals surface area contributed by atoms with Crippen molar-refractivity contribution in [2.24, 2.45) is 0 Å². The van der Waals surface area contributed by atoms with Gasteiger partial charge in [-0.2, -0.15) is 13.2 Å². The van der Waals surface area contributed by atoms with Gasteiger partial charge >= 0.3 is 5.51 Å². The van der Waals surface area contributed by atoms with Gasteiger partial charge in [0.15, 0.2) is 0 Å². The molecule has 1 aromatic rings. The molecule has 108 valence electrons. The minimum atomic E-state index is -4.34. The highest BCUT2D eigenvalue weighted by molar-refractivity contribution is 8.00. The van der Waals surface area contributed by atoms with Crippen LogP contribution in [0.3, 0.4) is 0 Å². The number of rotatable bonds is 3. The van der Waals surface area contributed by atoms with Gasteiger partial charge in [0, 0.05) is 12.3 Å². The van der Waals surface area contributed by atoms with Crippen LogP contribution >= 0.6 is 11.8 Å². The number of amides is 1. The zero-order valence-corrected chi connectivity index (χ0v) is 11.7. The van der Waals surface area contributed by atoms with Crippen molar-refractivity contribution in [3.8, 4) is 0 Å². The summed E-state index contributed by atoms with van der Waals surface area (Å²) in [5, 5.41) is 0. The molecule has 1 aliphatic heterocycles. The zero-order chi connectivity index (χ0) is 15.1. The summed E-state index contributed by atoms with van der Waals surface area (Å²) in [5.41, 5.74) is -2.05. The number of benzene rings is 1. The molecule has 2 rings (SSSR count). The van der Waals surface area contributed by atoms with Crippen molar-refractivity contribution >= 4 is 29.1 Å². The van der Waals surface area contributed by atoms with Gasteiger partial charge in [-0.3, -0.25) is 9.59 Å². The van der Waals surface area contributed by atoms with Gasteiger partial charge in [0.1, 0.15) is 0 Å². The summed E-state index contributed by atoms with van der Waals surface area (Å²) in [4.78, 5) is 24.9. The molecule has 0 bridgehead atoms. The maximum Gasteiger partial charge on any atom is 0.441 e. The van der Waals surface area contributed by atoms with Crippen molar-refractivity contribution < 1.29 is 22.8 Å². The van der Waals surface area contributed by atoms with Crippen LogP contribution in [0.2, 0.25) is 0 Å². The molecule has 0 saturated carbocycles. The maximum absolute atomic E-state index is 12.1.